The maximum Gasteiger partial charge on any atom is 0.122 e. The molecule has 2 aromatic heterocycles. The third-order valence-corrected chi connectivity index (χ3v) is 5.55. The van der Waals surface area contributed by atoms with E-state index in [1.165, 1.54) is 12.8 Å². The van der Waals surface area contributed by atoms with Gasteiger partial charge in [0.2, 0.25) is 0 Å². The van der Waals surface area contributed by atoms with Gasteiger partial charge in [-0.15, -0.1) is 5.10 Å². The molecule has 25 heavy (non-hydrogen) atoms. The quantitative estimate of drug-likeness (QED) is 0.573. The normalized spacial score (nSPS) is 15.7. The smallest absolute Gasteiger partial charge is 0.122 e. The Balaban J connectivity index is 1.94. The number of imidazole rings is 1. The van der Waals surface area contributed by atoms with E-state index in [0.717, 1.165) is 46.9 Å². The lowest BCUT2D eigenvalue weighted by Gasteiger charge is -2.19. The minimum absolute atomic E-state index is 0.484. The van der Waals surface area contributed by atoms with Gasteiger partial charge in [-0.3, -0.25) is 0 Å². The van der Waals surface area contributed by atoms with Crippen LogP contribution in [0.5, 0.6) is 0 Å². The highest BCUT2D eigenvalue weighted by molar-refractivity contribution is 6.36. The Morgan fingerprint density at radius 2 is 2.04 bits per heavy atom. The molecule has 1 unspecified atom stereocenters. The van der Waals surface area contributed by atoms with Gasteiger partial charge in [0.15, 0.2) is 0 Å². The summed E-state index contributed by atoms with van der Waals surface area (Å²) < 4.78 is 2.38. The minimum Gasteiger partial charge on any atom is -0.323 e. The number of nitrogens with zero attached hydrogens (tertiary/aromatic N) is 4. The van der Waals surface area contributed by atoms with Crippen molar-refractivity contribution in [3.63, 3.8) is 0 Å². The molecule has 2 heterocycles. The summed E-state index contributed by atoms with van der Waals surface area (Å²) in [4.78, 5) is 4.92. The van der Waals surface area contributed by atoms with Gasteiger partial charge in [-0.05, 0) is 43.4 Å². The van der Waals surface area contributed by atoms with E-state index in [9.17, 15) is 0 Å². The van der Waals surface area contributed by atoms with Crippen molar-refractivity contribution in [2.24, 2.45) is 5.92 Å². The van der Waals surface area contributed by atoms with E-state index in [2.05, 4.69) is 28.6 Å². The summed E-state index contributed by atoms with van der Waals surface area (Å²) >= 11 is 12.4. The van der Waals surface area contributed by atoms with Gasteiger partial charge in [0.05, 0.1) is 16.7 Å². The molecule has 1 saturated carbocycles. The molecule has 130 valence electrons. The topological polar surface area (TPSA) is 43.6 Å². The lowest BCUT2D eigenvalue weighted by atomic mass is 10.1. The van der Waals surface area contributed by atoms with Crippen LogP contribution in [0.3, 0.4) is 0 Å². The van der Waals surface area contributed by atoms with Crippen LogP contribution in [0.2, 0.25) is 10.0 Å². The van der Waals surface area contributed by atoms with E-state index in [1.54, 1.807) is 6.07 Å². The van der Waals surface area contributed by atoms with Crippen LogP contribution >= 0.6 is 23.2 Å². The van der Waals surface area contributed by atoms with Gasteiger partial charge in [0.1, 0.15) is 17.0 Å². The molecule has 0 N–H and O–H groups in total. The van der Waals surface area contributed by atoms with E-state index in [4.69, 9.17) is 28.2 Å². The van der Waals surface area contributed by atoms with Crippen LogP contribution in [-0.4, -0.2) is 19.7 Å². The van der Waals surface area contributed by atoms with Crippen LogP contribution in [0.4, 0.5) is 0 Å². The van der Waals surface area contributed by atoms with Gasteiger partial charge in [0.25, 0.3) is 0 Å². The zero-order valence-electron chi connectivity index (χ0n) is 14.3. The molecule has 4 rings (SSSR count). The van der Waals surface area contributed by atoms with Crippen LogP contribution in [0, 0.1) is 5.92 Å². The van der Waals surface area contributed by atoms with E-state index < -0.39 is 0 Å². The van der Waals surface area contributed by atoms with Crippen molar-refractivity contribution in [3.8, 4) is 11.3 Å². The predicted molar refractivity (Wildman–Crippen MR) is 102 cm³/mol. The number of aryl methyl sites for hydroxylation is 1. The van der Waals surface area contributed by atoms with Gasteiger partial charge >= 0.3 is 0 Å². The lowest BCUT2D eigenvalue weighted by molar-refractivity contribution is 0.429. The molecule has 1 aliphatic carbocycles. The Bertz CT molecular complexity index is 931. The van der Waals surface area contributed by atoms with Crippen molar-refractivity contribution in [3.05, 3.63) is 40.3 Å². The maximum absolute atomic E-state index is 6.41. The molecule has 6 heteroatoms. The summed E-state index contributed by atoms with van der Waals surface area (Å²) in [5.74, 6) is 1.85. The largest absolute Gasteiger partial charge is 0.323 e. The Kier molecular flexibility index (Phi) is 4.42. The maximum atomic E-state index is 6.41. The lowest BCUT2D eigenvalue weighted by Crippen LogP contribution is -2.13. The number of halogens is 2. The van der Waals surface area contributed by atoms with E-state index in [0.29, 0.717) is 16.1 Å². The molecule has 3 aromatic rings. The molecule has 0 aliphatic heterocycles. The molecule has 1 fully saturated rings. The molecular formula is C19H20Cl2N4. The van der Waals surface area contributed by atoms with Crippen molar-refractivity contribution >= 4 is 34.2 Å². The van der Waals surface area contributed by atoms with Crippen molar-refractivity contribution in [2.75, 3.05) is 0 Å². The first-order chi connectivity index (χ1) is 12.1. The zero-order valence-corrected chi connectivity index (χ0v) is 15.8. The number of benzene rings is 1. The van der Waals surface area contributed by atoms with Crippen molar-refractivity contribution in [1.29, 1.82) is 0 Å². The van der Waals surface area contributed by atoms with Crippen LogP contribution in [0.25, 0.3) is 22.3 Å². The highest BCUT2D eigenvalue weighted by Crippen LogP contribution is 2.44. The number of fused-ring (bicyclic) bond motifs is 1. The zero-order chi connectivity index (χ0) is 17.6. The van der Waals surface area contributed by atoms with Crippen molar-refractivity contribution in [1.82, 2.24) is 19.7 Å². The summed E-state index contributed by atoms with van der Waals surface area (Å²) in [5, 5.41) is 9.77. The number of rotatable bonds is 5. The Morgan fingerprint density at radius 1 is 1.24 bits per heavy atom. The van der Waals surface area contributed by atoms with Crippen LogP contribution in [-0.2, 0) is 6.42 Å². The molecule has 1 atom stereocenters. The Hall–Kier alpha value is -1.65. The summed E-state index contributed by atoms with van der Waals surface area (Å²) in [6.45, 7) is 4.40. The molecule has 0 saturated heterocycles. The van der Waals surface area contributed by atoms with Gasteiger partial charge in [0, 0.05) is 23.0 Å². The average molecular weight is 375 g/mol. The molecule has 0 amide bonds. The van der Waals surface area contributed by atoms with Crippen LogP contribution in [0.15, 0.2) is 24.4 Å². The third-order valence-electron chi connectivity index (χ3n) is 5.00. The van der Waals surface area contributed by atoms with E-state index in [1.807, 2.05) is 18.3 Å². The Labute approximate surface area is 157 Å². The fourth-order valence-corrected chi connectivity index (χ4v) is 4.17. The van der Waals surface area contributed by atoms with Crippen LogP contribution in [0.1, 0.15) is 45.0 Å². The molecule has 4 nitrogen and oxygen atoms in total. The Morgan fingerprint density at radius 3 is 2.68 bits per heavy atom. The highest BCUT2D eigenvalue weighted by Gasteiger charge is 2.33. The first-order valence-corrected chi connectivity index (χ1v) is 9.57. The second-order valence-electron chi connectivity index (χ2n) is 6.62. The standard InChI is InChI=1S/C19H20Cl2N4/c1-3-15(11-5-6-11)25-16-10-22-24-18(19(16)23-17(25)4-2)13-8-7-12(20)9-14(13)21/h7-11,15H,3-6H2,1-2H3. The number of hydrogen-bond donors (Lipinski definition) is 0. The van der Waals surface area contributed by atoms with Gasteiger partial charge in [-0.1, -0.05) is 37.0 Å². The van der Waals surface area contributed by atoms with E-state index in [-0.39, 0.29) is 0 Å². The minimum atomic E-state index is 0.484. The third kappa shape index (κ3) is 2.91. The SMILES string of the molecule is CCc1nc2c(-c3ccc(Cl)cc3Cl)nncc2n1C(CC)C1CC1. The average Bonchev–Trinajstić information content (AvgIpc) is 3.36. The van der Waals surface area contributed by atoms with Crippen molar-refractivity contribution in [2.45, 2.75) is 45.6 Å². The van der Waals surface area contributed by atoms with Gasteiger partial charge in [-0.2, -0.15) is 5.10 Å². The molecule has 0 bridgehead atoms. The summed E-state index contributed by atoms with van der Waals surface area (Å²) in [5.41, 5.74) is 3.45. The molecule has 1 aromatic carbocycles. The highest BCUT2D eigenvalue weighted by atomic mass is 35.5. The number of aromatic nitrogens is 4. The van der Waals surface area contributed by atoms with Gasteiger partial charge < -0.3 is 4.57 Å². The fourth-order valence-electron chi connectivity index (χ4n) is 3.67. The molecular weight excluding hydrogens is 355 g/mol. The second kappa shape index (κ2) is 6.58. The van der Waals surface area contributed by atoms with Crippen LogP contribution < -0.4 is 0 Å². The second-order valence-corrected chi connectivity index (χ2v) is 7.46. The molecule has 1 aliphatic rings. The molecule has 0 spiro atoms. The monoisotopic (exact) mass is 374 g/mol. The first kappa shape index (κ1) is 16.8. The summed E-state index contributed by atoms with van der Waals surface area (Å²) in [6.07, 6.45) is 6.42. The molecule has 0 radical (unpaired) electrons. The fraction of sp³-hybridized carbons (Fsp3) is 0.421. The van der Waals surface area contributed by atoms with Gasteiger partial charge in [-0.25, -0.2) is 4.98 Å². The predicted octanol–water partition coefficient (Wildman–Crippen LogP) is 5.72. The summed E-state index contributed by atoms with van der Waals surface area (Å²) in [6, 6.07) is 5.92. The number of hydrogen-bond acceptors (Lipinski definition) is 3. The first-order valence-electron chi connectivity index (χ1n) is 8.81. The van der Waals surface area contributed by atoms with E-state index >= 15 is 0 Å². The summed E-state index contributed by atoms with van der Waals surface area (Å²) in [7, 11) is 0. The van der Waals surface area contributed by atoms with Crippen molar-refractivity contribution < 1.29 is 0 Å².